The highest BCUT2D eigenvalue weighted by atomic mass is 79.9. The van der Waals surface area contributed by atoms with Crippen molar-refractivity contribution in [2.24, 2.45) is 0 Å². The van der Waals surface area contributed by atoms with Crippen molar-refractivity contribution < 1.29 is 9.53 Å². The van der Waals surface area contributed by atoms with Crippen molar-refractivity contribution in [2.75, 3.05) is 20.7 Å². The van der Waals surface area contributed by atoms with Gasteiger partial charge in [0.15, 0.2) is 0 Å². The molecule has 0 spiro atoms. The van der Waals surface area contributed by atoms with Crippen molar-refractivity contribution in [3.63, 3.8) is 0 Å². The van der Waals surface area contributed by atoms with Gasteiger partial charge in [-0.1, -0.05) is 22.9 Å². The first kappa shape index (κ1) is 14.0. The Morgan fingerprint density at radius 3 is 2.47 bits per heavy atom. The van der Waals surface area contributed by atoms with E-state index in [-0.39, 0.29) is 5.91 Å². The van der Waals surface area contributed by atoms with Gasteiger partial charge in [-0.05, 0) is 30.7 Å². The summed E-state index contributed by atoms with van der Waals surface area (Å²) in [6.45, 7) is 2.82. The van der Waals surface area contributed by atoms with E-state index in [2.05, 4.69) is 22.9 Å². The minimum absolute atomic E-state index is 0.0424. The predicted octanol–water partition coefficient (Wildman–Crippen LogP) is 2.94. The van der Waals surface area contributed by atoms with Gasteiger partial charge in [-0.3, -0.25) is 4.79 Å². The highest BCUT2D eigenvalue weighted by molar-refractivity contribution is 9.09. The Bertz CT molecular complexity index is 362. The summed E-state index contributed by atoms with van der Waals surface area (Å²) in [5.41, 5.74) is 0.690. The Kier molecular flexibility index (Phi) is 5.48. The van der Waals surface area contributed by atoms with Crippen molar-refractivity contribution in [1.29, 1.82) is 0 Å². The zero-order valence-electron chi connectivity index (χ0n) is 10.4. The first-order chi connectivity index (χ1) is 8.04. The van der Waals surface area contributed by atoms with Gasteiger partial charge in [0, 0.05) is 24.0 Å². The molecule has 0 aliphatic rings. The molecule has 1 unspecified atom stereocenters. The first-order valence-electron chi connectivity index (χ1n) is 5.58. The van der Waals surface area contributed by atoms with E-state index in [0.29, 0.717) is 10.4 Å². The lowest BCUT2D eigenvalue weighted by Crippen LogP contribution is -2.28. The van der Waals surface area contributed by atoms with Crippen molar-refractivity contribution in [1.82, 2.24) is 4.90 Å². The molecule has 0 aliphatic carbocycles. The molecule has 4 heteroatoms. The number of amides is 1. The van der Waals surface area contributed by atoms with Gasteiger partial charge in [0.2, 0.25) is 0 Å². The fraction of sp³-hybridized carbons (Fsp3) is 0.462. The summed E-state index contributed by atoms with van der Waals surface area (Å²) >= 11 is 3.47. The van der Waals surface area contributed by atoms with Crippen LogP contribution in [0.2, 0.25) is 0 Å². The van der Waals surface area contributed by atoms with E-state index in [1.807, 2.05) is 7.05 Å². The Morgan fingerprint density at radius 1 is 1.41 bits per heavy atom. The van der Waals surface area contributed by atoms with Gasteiger partial charge in [0.05, 0.1) is 7.11 Å². The van der Waals surface area contributed by atoms with Crippen LogP contribution in [0.25, 0.3) is 0 Å². The molecule has 17 heavy (non-hydrogen) atoms. The Labute approximate surface area is 111 Å². The van der Waals surface area contributed by atoms with Crippen molar-refractivity contribution in [2.45, 2.75) is 18.2 Å². The average Bonchev–Trinajstić information content (AvgIpc) is 2.35. The largest absolute Gasteiger partial charge is 0.497 e. The minimum atomic E-state index is 0.0424. The number of halogens is 1. The molecule has 0 saturated heterocycles. The van der Waals surface area contributed by atoms with Crippen molar-refractivity contribution >= 4 is 21.8 Å². The molecule has 0 heterocycles. The fourth-order valence-electron chi connectivity index (χ4n) is 1.43. The summed E-state index contributed by atoms with van der Waals surface area (Å²) in [4.78, 5) is 14.2. The topological polar surface area (TPSA) is 29.5 Å². The van der Waals surface area contributed by atoms with E-state index in [0.717, 1.165) is 18.7 Å². The molecule has 1 aromatic rings. The van der Waals surface area contributed by atoms with E-state index in [4.69, 9.17) is 4.74 Å². The molecular weight excluding hydrogens is 282 g/mol. The SMILES string of the molecule is COc1ccc(C(=O)N(C)CCC(C)Br)cc1. The molecule has 0 aromatic heterocycles. The summed E-state index contributed by atoms with van der Waals surface area (Å²) in [6, 6.07) is 7.17. The normalized spacial score (nSPS) is 12.0. The number of carbonyl (C=O) groups is 1. The number of nitrogens with zero attached hydrogens (tertiary/aromatic N) is 1. The molecule has 94 valence electrons. The van der Waals surface area contributed by atoms with Crippen LogP contribution < -0.4 is 4.74 Å². The van der Waals surface area contributed by atoms with E-state index in [1.54, 1.807) is 36.3 Å². The smallest absolute Gasteiger partial charge is 0.253 e. The quantitative estimate of drug-likeness (QED) is 0.783. The van der Waals surface area contributed by atoms with Gasteiger partial charge in [0.25, 0.3) is 5.91 Å². The number of carbonyl (C=O) groups excluding carboxylic acids is 1. The van der Waals surface area contributed by atoms with E-state index in [9.17, 15) is 4.79 Å². The summed E-state index contributed by atoms with van der Waals surface area (Å²) in [5, 5.41) is 0. The molecule has 0 aliphatic heterocycles. The third kappa shape index (κ3) is 4.38. The second kappa shape index (κ2) is 6.64. The van der Waals surface area contributed by atoms with Gasteiger partial charge < -0.3 is 9.64 Å². The Morgan fingerprint density at radius 2 is 2.00 bits per heavy atom. The minimum Gasteiger partial charge on any atom is -0.497 e. The molecule has 1 aromatic carbocycles. The van der Waals surface area contributed by atoms with E-state index in [1.165, 1.54) is 0 Å². The zero-order valence-corrected chi connectivity index (χ0v) is 12.0. The van der Waals surface area contributed by atoms with Crippen LogP contribution >= 0.6 is 15.9 Å². The average molecular weight is 300 g/mol. The molecule has 1 rings (SSSR count). The lowest BCUT2D eigenvalue weighted by atomic mass is 10.2. The van der Waals surface area contributed by atoms with Gasteiger partial charge >= 0.3 is 0 Å². The van der Waals surface area contributed by atoms with E-state index >= 15 is 0 Å². The van der Waals surface area contributed by atoms with Crippen LogP contribution in [0.4, 0.5) is 0 Å². The molecule has 0 radical (unpaired) electrons. The molecule has 1 atom stereocenters. The number of hydrogen-bond acceptors (Lipinski definition) is 2. The zero-order chi connectivity index (χ0) is 12.8. The summed E-state index contributed by atoms with van der Waals surface area (Å²) < 4.78 is 5.06. The molecule has 0 bridgehead atoms. The second-order valence-corrected chi connectivity index (χ2v) is 5.59. The van der Waals surface area contributed by atoms with Crippen molar-refractivity contribution in [3.05, 3.63) is 29.8 Å². The number of methoxy groups -OCH3 is 1. The van der Waals surface area contributed by atoms with Gasteiger partial charge in [0.1, 0.15) is 5.75 Å². The monoisotopic (exact) mass is 299 g/mol. The fourth-order valence-corrected chi connectivity index (χ4v) is 1.63. The number of rotatable bonds is 5. The van der Waals surface area contributed by atoms with Crippen LogP contribution in [0.5, 0.6) is 5.75 Å². The Balaban J connectivity index is 2.61. The van der Waals surface area contributed by atoms with Crippen LogP contribution in [0, 0.1) is 0 Å². The molecular formula is C13H18BrNO2. The lowest BCUT2D eigenvalue weighted by Gasteiger charge is -2.18. The molecule has 0 N–H and O–H groups in total. The standard InChI is InChI=1S/C13H18BrNO2/c1-10(14)8-9-15(2)13(16)11-4-6-12(17-3)7-5-11/h4-7,10H,8-9H2,1-3H3. The number of alkyl halides is 1. The van der Waals surface area contributed by atoms with Crippen LogP contribution in [-0.4, -0.2) is 36.3 Å². The summed E-state index contributed by atoms with van der Waals surface area (Å²) in [5.74, 6) is 0.805. The number of ether oxygens (including phenoxy) is 1. The molecule has 0 saturated carbocycles. The second-order valence-electron chi connectivity index (χ2n) is 4.02. The third-order valence-corrected chi connectivity index (χ3v) is 3.00. The van der Waals surface area contributed by atoms with Gasteiger partial charge in [-0.15, -0.1) is 0 Å². The predicted molar refractivity (Wildman–Crippen MR) is 73.0 cm³/mol. The lowest BCUT2D eigenvalue weighted by molar-refractivity contribution is 0.0794. The van der Waals surface area contributed by atoms with Crippen LogP contribution in [0.15, 0.2) is 24.3 Å². The highest BCUT2D eigenvalue weighted by Crippen LogP contribution is 2.13. The third-order valence-electron chi connectivity index (χ3n) is 2.55. The number of benzene rings is 1. The summed E-state index contributed by atoms with van der Waals surface area (Å²) in [6.07, 6.45) is 0.943. The molecule has 0 fully saturated rings. The van der Waals surface area contributed by atoms with Gasteiger partial charge in [-0.25, -0.2) is 0 Å². The maximum atomic E-state index is 12.0. The van der Waals surface area contributed by atoms with Crippen LogP contribution in [0.1, 0.15) is 23.7 Å². The van der Waals surface area contributed by atoms with E-state index < -0.39 is 0 Å². The molecule has 3 nitrogen and oxygen atoms in total. The van der Waals surface area contributed by atoms with Crippen molar-refractivity contribution in [3.8, 4) is 5.75 Å². The van der Waals surface area contributed by atoms with Crippen LogP contribution in [-0.2, 0) is 0 Å². The highest BCUT2D eigenvalue weighted by Gasteiger charge is 2.11. The van der Waals surface area contributed by atoms with Crippen LogP contribution in [0.3, 0.4) is 0 Å². The maximum Gasteiger partial charge on any atom is 0.253 e. The molecule has 1 amide bonds. The van der Waals surface area contributed by atoms with Gasteiger partial charge in [-0.2, -0.15) is 0 Å². The number of hydrogen-bond donors (Lipinski definition) is 0. The maximum absolute atomic E-state index is 12.0. The first-order valence-corrected chi connectivity index (χ1v) is 6.49. The Hall–Kier alpha value is -1.03. The summed E-state index contributed by atoms with van der Waals surface area (Å²) in [7, 11) is 3.43.